The Hall–Kier alpha value is -2.19. The molecule has 4 rings (SSSR count). The second-order valence-electron chi connectivity index (χ2n) is 10.7. The van der Waals surface area contributed by atoms with Gasteiger partial charge >= 0.3 is 0 Å². The van der Waals surface area contributed by atoms with E-state index in [1.54, 1.807) is 38.1 Å². The summed E-state index contributed by atoms with van der Waals surface area (Å²) >= 11 is 6.98. The number of aryl methyl sites for hydroxylation is 3. The fourth-order valence-corrected chi connectivity index (χ4v) is 5.84. The van der Waals surface area contributed by atoms with Gasteiger partial charge < -0.3 is 24.3 Å². The van der Waals surface area contributed by atoms with E-state index in [2.05, 4.69) is 22.3 Å². The molecule has 1 aliphatic heterocycles. The van der Waals surface area contributed by atoms with Crippen molar-refractivity contribution < 1.29 is 14.3 Å². The van der Waals surface area contributed by atoms with Gasteiger partial charge in [-0.1, -0.05) is 23.7 Å². The van der Waals surface area contributed by atoms with Gasteiger partial charge in [-0.25, -0.2) is 0 Å². The Kier molecular flexibility index (Phi) is 10.4. The molecular formula is C30H42ClN3O4. The molecule has 208 valence electrons. The molecule has 1 saturated carbocycles. The summed E-state index contributed by atoms with van der Waals surface area (Å²) in [7, 11) is 5.19. The maximum atomic E-state index is 14.1. The number of benzene rings is 1. The largest absolute Gasteiger partial charge is 0.385 e. The van der Waals surface area contributed by atoms with Crippen molar-refractivity contribution in [2.75, 3.05) is 40.5 Å². The van der Waals surface area contributed by atoms with Gasteiger partial charge in [0.15, 0.2) is 0 Å². The number of carbonyl (C=O) groups is 1. The number of pyridine rings is 1. The van der Waals surface area contributed by atoms with Gasteiger partial charge in [0.1, 0.15) is 0 Å². The average molecular weight is 544 g/mol. The number of hydrogen-bond acceptors (Lipinski definition) is 5. The lowest BCUT2D eigenvalue weighted by Gasteiger charge is -2.36. The zero-order valence-corrected chi connectivity index (χ0v) is 23.8. The van der Waals surface area contributed by atoms with E-state index in [9.17, 15) is 9.59 Å². The molecule has 0 spiro atoms. The molecule has 2 aliphatic rings. The average Bonchev–Trinajstić information content (AvgIpc) is 3.76. The van der Waals surface area contributed by atoms with Gasteiger partial charge in [-0.15, -0.1) is 0 Å². The van der Waals surface area contributed by atoms with Crippen molar-refractivity contribution in [3.63, 3.8) is 0 Å². The van der Waals surface area contributed by atoms with Gasteiger partial charge in [-0.05, 0) is 85.7 Å². The van der Waals surface area contributed by atoms with Crippen molar-refractivity contribution in [1.29, 1.82) is 0 Å². The Balaban J connectivity index is 1.59. The number of carbonyl (C=O) groups excluding carboxylic acids is 1. The van der Waals surface area contributed by atoms with Crippen LogP contribution >= 0.6 is 11.6 Å². The monoisotopic (exact) mass is 543 g/mol. The molecule has 0 radical (unpaired) electrons. The number of nitrogens with one attached hydrogen (secondary N) is 1. The van der Waals surface area contributed by atoms with Crippen LogP contribution < -0.4 is 10.9 Å². The molecule has 2 fully saturated rings. The van der Waals surface area contributed by atoms with E-state index < -0.39 is 0 Å². The number of amides is 1. The first kappa shape index (κ1) is 28.8. The van der Waals surface area contributed by atoms with Crippen LogP contribution in [0.15, 0.2) is 35.3 Å². The van der Waals surface area contributed by atoms with Crippen LogP contribution in [-0.2, 0) is 40.7 Å². The minimum atomic E-state index is -0.207. The maximum Gasteiger partial charge on any atom is 0.250 e. The number of piperidine rings is 1. The summed E-state index contributed by atoms with van der Waals surface area (Å²) in [5.41, 5.74) is 4.29. The van der Waals surface area contributed by atoms with Crippen LogP contribution in [0.1, 0.15) is 60.3 Å². The van der Waals surface area contributed by atoms with Crippen molar-refractivity contribution in [3.8, 4) is 0 Å². The number of aromatic nitrogens is 1. The number of hydrogen-bond donors (Lipinski definition) is 1. The van der Waals surface area contributed by atoms with Gasteiger partial charge in [0.25, 0.3) is 5.56 Å². The zero-order chi connectivity index (χ0) is 27.1. The number of nitrogens with zero attached hydrogens (tertiary/aromatic N) is 2. The molecule has 0 unspecified atom stereocenters. The highest BCUT2D eigenvalue weighted by Gasteiger charge is 2.40. The standard InChI is InChI=1S/C30H42ClN3O4/c1-33-13-11-22(18-28(33)35)26-10-12-32-19-27(26)30(36)34(25-8-9-25)20-24-17-21(6-4-14-37-2)16-23(29(24)31)7-5-15-38-3/h11,13,16-18,25-27,32H,4-10,12,14-15,19-20H2,1-3H3/t26-,27+/m0/s1. The van der Waals surface area contributed by atoms with Crippen molar-refractivity contribution in [3.05, 3.63) is 68.1 Å². The normalized spacial score (nSPS) is 19.5. The smallest absolute Gasteiger partial charge is 0.250 e. The summed E-state index contributed by atoms with van der Waals surface area (Å²) in [5, 5.41) is 4.19. The van der Waals surface area contributed by atoms with Gasteiger partial charge in [-0.2, -0.15) is 0 Å². The first-order valence-corrected chi connectivity index (χ1v) is 14.3. The van der Waals surface area contributed by atoms with Crippen LogP contribution in [-0.4, -0.2) is 61.9 Å². The molecule has 7 nitrogen and oxygen atoms in total. The fraction of sp³-hybridized carbons (Fsp3) is 0.600. The third kappa shape index (κ3) is 7.26. The van der Waals surface area contributed by atoms with Crippen LogP contribution in [0.25, 0.3) is 0 Å². The molecule has 0 bridgehead atoms. The first-order chi connectivity index (χ1) is 18.4. The third-order valence-electron chi connectivity index (χ3n) is 7.86. The molecule has 2 atom stereocenters. The molecule has 1 aromatic carbocycles. The van der Waals surface area contributed by atoms with E-state index in [0.717, 1.165) is 73.2 Å². The molecule has 2 aromatic rings. The van der Waals surface area contributed by atoms with Crippen LogP contribution in [0.4, 0.5) is 0 Å². The Bertz CT molecular complexity index is 1150. The molecular weight excluding hydrogens is 502 g/mol. The SMILES string of the molecule is COCCCc1cc(CCCOC)c(Cl)c(CN(C(=O)[C@@H]2CNCC[C@H]2c2ccn(C)c(=O)c2)C2CC2)c1. The predicted octanol–water partition coefficient (Wildman–Crippen LogP) is 4.08. The highest BCUT2D eigenvalue weighted by Crippen LogP contribution is 2.37. The van der Waals surface area contributed by atoms with Crippen LogP contribution in [0.5, 0.6) is 0 Å². The number of halogens is 1. The van der Waals surface area contributed by atoms with E-state index in [4.69, 9.17) is 21.1 Å². The first-order valence-electron chi connectivity index (χ1n) is 13.9. The summed E-state index contributed by atoms with van der Waals surface area (Å²) in [6.45, 7) is 3.37. The lowest BCUT2D eigenvalue weighted by Crippen LogP contribution is -2.47. The highest BCUT2D eigenvalue weighted by atomic mass is 35.5. The predicted molar refractivity (Wildman–Crippen MR) is 151 cm³/mol. The second-order valence-corrected chi connectivity index (χ2v) is 11.1. The van der Waals surface area contributed by atoms with Crippen molar-refractivity contribution in [1.82, 2.24) is 14.8 Å². The summed E-state index contributed by atoms with van der Waals surface area (Å²) in [5.74, 6) is -0.0205. The van der Waals surface area contributed by atoms with Crippen molar-refractivity contribution in [2.45, 2.75) is 63.5 Å². The van der Waals surface area contributed by atoms with Gasteiger partial charge in [0.2, 0.25) is 5.91 Å². The Morgan fingerprint density at radius 1 is 1.08 bits per heavy atom. The molecule has 1 amide bonds. The summed E-state index contributed by atoms with van der Waals surface area (Å²) in [6.07, 6.45) is 8.27. The van der Waals surface area contributed by atoms with E-state index in [1.807, 2.05) is 6.07 Å². The lowest BCUT2D eigenvalue weighted by molar-refractivity contribution is -0.138. The minimum absolute atomic E-state index is 0.0272. The van der Waals surface area contributed by atoms with Gasteiger partial charge in [0, 0.05) is 70.9 Å². The molecule has 1 aromatic heterocycles. The Morgan fingerprint density at radius 3 is 2.47 bits per heavy atom. The molecule has 1 aliphatic carbocycles. The topological polar surface area (TPSA) is 72.8 Å². The maximum absolute atomic E-state index is 14.1. The van der Waals surface area contributed by atoms with E-state index in [0.29, 0.717) is 26.3 Å². The number of methoxy groups -OCH3 is 2. The molecule has 1 N–H and O–H groups in total. The third-order valence-corrected chi connectivity index (χ3v) is 8.34. The minimum Gasteiger partial charge on any atom is -0.385 e. The lowest BCUT2D eigenvalue weighted by atomic mass is 9.80. The summed E-state index contributed by atoms with van der Waals surface area (Å²) < 4.78 is 12.1. The highest BCUT2D eigenvalue weighted by molar-refractivity contribution is 6.32. The van der Waals surface area contributed by atoms with Gasteiger partial charge in [-0.3, -0.25) is 9.59 Å². The van der Waals surface area contributed by atoms with Crippen LogP contribution in [0, 0.1) is 5.92 Å². The molecule has 8 heteroatoms. The number of rotatable bonds is 13. The van der Waals surface area contributed by atoms with E-state index in [1.165, 1.54) is 5.56 Å². The fourth-order valence-electron chi connectivity index (χ4n) is 5.57. The van der Waals surface area contributed by atoms with E-state index in [-0.39, 0.29) is 29.3 Å². The number of ether oxygens (including phenoxy) is 2. The zero-order valence-electron chi connectivity index (χ0n) is 23.0. The van der Waals surface area contributed by atoms with E-state index >= 15 is 0 Å². The molecule has 1 saturated heterocycles. The quantitative estimate of drug-likeness (QED) is 0.385. The second kappa shape index (κ2) is 13.7. The molecule has 2 heterocycles. The van der Waals surface area contributed by atoms with Crippen molar-refractivity contribution >= 4 is 17.5 Å². The summed E-state index contributed by atoms with van der Waals surface area (Å²) in [4.78, 5) is 28.6. The van der Waals surface area contributed by atoms with Crippen LogP contribution in [0.3, 0.4) is 0 Å². The summed E-state index contributed by atoms with van der Waals surface area (Å²) in [6, 6.07) is 8.32. The molecule has 38 heavy (non-hydrogen) atoms. The van der Waals surface area contributed by atoms with Gasteiger partial charge in [0.05, 0.1) is 5.92 Å². The van der Waals surface area contributed by atoms with Crippen molar-refractivity contribution in [2.24, 2.45) is 13.0 Å². The Morgan fingerprint density at radius 2 is 1.79 bits per heavy atom. The van der Waals surface area contributed by atoms with Crippen LogP contribution in [0.2, 0.25) is 5.02 Å². The Labute approximate surface area is 231 Å².